The van der Waals surface area contributed by atoms with E-state index in [0.717, 1.165) is 48.4 Å². The Morgan fingerprint density at radius 3 is 2.76 bits per heavy atom. The van der Waals surface area contributed by atoms with Gasteiger partial charge in [0.05, 0.1) is 10.5 Å². The smallest absolute Gasteiger partial charge is 0.427 e. The summed E-state index contributed by atoms with van der Waals surface area (Å²) in [4.78, 5) is 14.5. The van der Waals surface area contributed by atoms with Gasteiger partial charge in [-0.3, -0.25) is 4.68 Å². The normalized spacial score (nSPS) is 18.8. The molecule has 33 heavy (non-hydrogen) atoms. The fourth-order valence-corrected chi connectivity index (χ4v) is 6.19. The highest BCUT2D eigenvalue weighted by Gasteiger charge is 2.36. The van der Waals surface area contributed by atoms with E-state index in [4.69, 9.17) is 16.3 Å². The zero-order valence-electron chi connectivity index (χ0n) is 17.4. The van der Waals surface area contributed by atoms with E-state index in [-0.39, 0.29) is 32.9 Å². The molecule has 0 bridgehead atoms. The molecule has 1 N–H and O–H groups in total. The lowest BCUT2D eigenvalue weighted by atomic mass is 9.84. The number of rotatable bonds is 6. The van der Waals surface area contributed by atoms with E-state index in [0.29, 0.717) is 6.42 Å². The third-order valence-electron chi connectivity index (χ3n) is 5.53. The number of aromatic nitrogens is 3. The summed E-state index contributed by atoms with van der Waals surface area (Å²) in [6, 6.07) is 3.65. The maximum absolute atomic E-state index is 15.0. The van der Waals surface area contributed by atoms with Crippen LogP contribution in [-0.4, -0.2) is 40.5 Å². The van der Waals surface area contributed by atoms with Crippen molar-refractivity contribution in [2.45, 2.75) is 42.6 Å². The Morgan fingerprint density at radius 2 is 2.12 bits per heavy atom. The molecule has 1 aliphatic carbocycles. The number of hydrogen-bond acceptors (Lipinski definition) is 7. The van der Waals surface area contributed by atoms with Gasteiger partial charge >= 0.3 is 6.09 Å². The lowest BCUT2D eigenvalue weighted by Crippen LogP contribution is -2.36. The first-order valence-electron chi connectivity index (χ1n) is 10.00. The molecule has 1 fully saturated rings. The standard InChI is InChI=1S/C20H20ClFN4O5S2/c1-25-15(6-7-24-25)12-4-2-3-5-16(12)31-17-9-14(22)18(8-13(17)21)33(29,30)26(20(27)28)19-10-32-11-23-19/h6-12,16H,2-5H2,1H3,(H,27,28)/t12-,16+/m1/s1. The number of carbonyl (C=O) groups is 1. The van der Waals surface area contributed by atoms with E-state index in [1.807, 2.05) is 13.1 Å². The molecule has 9 nitrogen and oxygen atoms in total. The molecule has 1 aliphatic rings. The molecule has 0 unspecified atom stereocenters. The molecule has 2 atom stereocenters. The minimum atomic E-state index is -4.83. The van der Waals surface area contributed by atoms with Gasteiger partial charge in [0.2, 0.25) is 0 Å². The van der Waals surface area contributed by atoms with E-state index in [9.17, 15) is 18.3 Å². The van der Waals surface area contributed by atoms with Gasteiger partial charge < -0.3 is 9.84 Å². The number of amides is 1. The van der Waals surface area contributed by atoms with Crippen LogP contribution in [0, 0.1) is 5.82 Å². The van der Waals surface area contributed by atoms with Crippen molar-refractivity contribution in [2.24, 2.45) is 7.05 Å². The number of aryl methyl sites for hydroxylation is 1. The van der Waals surface area contributed by atoms with E-state index in [1.165, 1.54) is 10.9 Å². The molecule has 176 valence electrons. The first-order valence-corrected chi connectivity index (χ1v) is 12.8. The minimum absolute atomic E-state index is 0.0114. The molecular formula is C20H20ClFN4O5S2. The van der Waals surface area contributed by atoms with Crippen molar-refractivity contribution < 1.29 is 27.4 Å². The lowest BCUT2D eigenvalue weighted by Gasteiger charge is -2.32. The number of carboxylic acid groups (broad SMARTS) is 1. The summed E-state index contributed by atoms with van der Waals surface area (Å²) in [5, 5.41) is 14.7. The van der Waals surface area contributed by atoms with Crippen molar-refractivity contribution in [3.63, 3.8) is 0 Å². The van der Waals surface area contributed by atoms with Gasteiger partial charge in [0.15, 0.2) is 5.82 Å². The Bertz CT molecular complexity index is 1270. The van der Waals surface area contributed by atoms with Crippen LogP contribution in [0.1, 0.15) is 37.3 Å². The maximum Gasteiger partial charge on any atom is 0.427 e. The Kier molecular flexibility index (Phi) is 6.59. The number of benzene rings is 1. The second-order valence-electron chi connectivity index (χ2n) is 7.54. The van der Waals surface area contributed by atoms with Crippen molar-refractivity contribution in [3.8, 4) is 5.75 Å². The zero-order chi connectivity index (χ0) is 23.8. The van der Waals surface area contributed by atoms with E-state index in [2.05, 4.69) is 10.1 Å². The summed E-state index contributed by atoms with van der Waals surface area (Å²) < 4.78 is 48.8. The third kappa shape index (κ3) is 4.55. The molecule has 0 radical (unpaired) electrons. The number of halogens is 2. The summed E-state index contributed by atoms with van der Waals surface area (Å²) in [6.45, 7) is 0. The van der Waals surface area contributed by atoms with Gasteiger partial charge in [-0.25, -0.2) is 22.6 Å². The van der Waals surface area contributed by atoms with Gasteiger partial charge in [-0.2, -0.15) is 5.10 Å². The number of thiazole rings is 1. The molecule has 2 heterocycles. The van der Waals surface area contributed by atoms with Crippen LogP contribution in [0.4, 0.5) is 15.0 Å². The summed E-state index contributed by atoms with van der Waals surface area (Å²) >= 11 is 7.29. The molecule has 1 saturated carbocycles. The highest BCUT2D eigenvalue weighted by atomic mass is 35.5. The largest absolute Gasteiger partial charge is 0.488 e. The fraction of sp³-hybridized carbons (Fsp3) is 0.350. The Morgan fingerprint density at radius 1 is 1.36 bits per heavy atom. The highest BCUT2D eigenvalue weighted by Crippen LogP contribution is 2.39. The first kappa shape index (κ1) is 23.5. The maximum atomic E-state index is 15.0. The summed E-state index contributed by atoms with van der Waals surface area (Å²) in [5.74, 6) is -1.53. The van der Waals surface area contributed by atoms with Crippen molar-refractivity contribution >= 4 is 44.9 Å². The quantitative estimate of drug-likeness (QED) is 0.509. The van der Waals surface area contributed by atoms with Crippen LogP contribution in [-0.2, 0) is 17.1 Å². The number of hydrogen-bond donors (Lipinski definition) is 1. The molecule has 1 amide bonds. The van der Waals surface area contributed by atoms with E-state index < -0.39 is 26.8 Å². The second-order valence-corrected chi connectivity index (χ2v) is 10.4. The van der Waals surface area contributed by atoms with Crippen molar-refractivity contribution in [1.29, 1.82) is 0 Å². The monoisotopic (exact) mass is 514 g/mol. The van der Waals surface area contributed by atoms with Gasteiger partial charge in [0.25, 0.3) is 10.0 Å². The molecule has 2 aromatic heterocycles. The van der Waals surface area contributed by atoms with Crippen molar-refractivity contribution in [3.05, 3.63) is 51.8 Å². The van der Waals surface area contributed by atoms with Gasteiger partial charge in [0.1, 0.15) is 22.6 Å². The molecular weight excluding hydrogens is 495 g/mol. The minimum Gasteiger partial charge on any atom is -0.488 e. The van der Waals surface area contributed by atoms with Crippen LogP contribution in [0.25, 0.3) is 0 Å². The van der Waals surface area contributed by atoms with Crippen LogP contribution in [0.3, 0.4) is 0 Å². The summed E-state index contributed by atoms with van der Waals surface area (Å²) in [5.41, 5.74) is 2.25. The molecule has 13 heteroatoms. The number of ether oxygens (including phenoxy) is 1. The highest BCUT2D eigenvalue weighted by molar-refractivity contribution is 7.93. The van der Waals surface area contributed by atoms with Gasteiger partial charge in [-0.1, -0.05) is 18.0 Å². The topological polar surface area (TPSA) is 115 Å². The SMILES string of the molecule is Cn1nccc1[C@H]1CCCC[C@@H]1Oc1cc(F)c(S(=O)(=O)N(C(=O)O)c2cscn2)cc1Cl. The van der Waals surface area contributed by atoms with Crippen molar-refractivity contribution in [2.75, 3.05) is 4.31 Å². The summed E-state index contributed by atoms with van der Waals surface area (Å²) in [6.07, 6.45) is 3.08. The van der Waals surface area contributed by atoms with Crippen LogP contribution in [0.5, 0.6) is 5.75 Å². The molecule has 3 aromatic rings. The van der Waals surface area contributed by atoms with Crippen molar-refractivity contribution in [1.82, 2.24) is 14.8 Å². The average Bonchev–Trinajstić information content (AvgIpc) is 3.42. The van der Waals surface area contributed by atoms with Crippen LogP contribution in [0.2, 0.25) is 5.02 Å². The predicted octanol–water partition coefficient (Wildman–Crippen LogP) is 4.65. The average molecular weight is 515 g/mol. The second kappa shape index (κ2) is 9.27. The first-order chi connectivity index (χ1) is 15.7. The summed E-state index contributed by atoms with van der Waals surface area (Å²) in [7, 11) is -2.99. The lowest BCUT2D eigenvalue weighted by molar-refractivity contribution is 0.126. The molecule has 4 rings (SSSR count). The van der Waals surface area contributed by atoms with Gasteiger partial charge in [0, 0.05) is 36.3 Å². The molecule has 0 aliphatic heterocycles. The third-order valence-corrected chi connectivity index (χ3v) is 8.09. The Balaban J connectivity index is 1.66. The number of sulfonamides is 1. The molecule has 0 spiro atoms. The molecule has 0 saturated heterocycles. The van der Waals surface area contributed by atoms with Crippen LogP contribution < -0.4 is 9.04 Å². The van der Waals surface area contributed by atoms with Gasteiger partial charge in [-0.05, 0) is 31.4 Å². The van der Waals surface area contributed by atoms with Crippen LogP contribution >= 0.6 is 22.9 Å². The van der Waals surface area contributed by atoms with Gasteiger partial charge in [-0.15, -0.1) is 15.6 Å². The van der Waals surface area contributed by atoms with E-state index >= 15 is 4.39 Å². The number of anilines is 1. The van der Waals surface area contributed by atoms with E-state index in [1.54, 1.807) is 10.9 Å². The Hall–Kier alpha value is -2.70. The molecule has 1 aromatic carbocycles. The number of nitrogens with zero attached hydrogens (tertiary/aromatic N) is 4. The predicted molar refractivity (Wildman–Crippen MR) is 120 cm³/mol. The zero-order valence-corrected chi connectivity index (χ0v) is 19.8. The fourth-order valence-electron chi connectivity index (χ4n) is 4.01. The van der Waals surface area contributed by atoms with Crippen LogP contribution in [0.15, 0.2) is 40.2 Å². The Labute approximate surface area is 198 Å².